The maximum Gasteiger partial charge on any atom is 0.328 e. The molecule has 0 aliphatic heterocycles. The third-order valence-corrected chi connectivity index (χ3v) is 3.09. The Kier molecular flexibility index (Phi) is 7.22. The highest BCUT2D eigenvalue weighted by Gasteiger charge is 2.22. The molecule has 0 bridgehead atoms. The van der Waals surface area contributed by atoms with Gasteiger partial charge in [0.1, 0.15) is 11.8 Å². The van der Waals surface area contributed by atoms with Crippen LogP contribution in [0.3, 0.4) is 0 Å². The summed E-state index contributed by atoms with van der Waals surface area (Å²) in [7, 11) is 2.90. The predicted molar refractivity (Wildman–Crippen MR) is 83.6 cm³/mol. The van der Waals surface area contributed by atoms with Crippen LogP contribution in [0.4, 0.5) is 4.79 Å². The fourth-order valence-corrected chi connectivity index (χ4v) is 2.00. The summed E-state index contributed by atoms with van der Waals surface area (Å²) in [6, 6.07) is 6.36. The quantitative estimate of drug-likeness (QED) is 0.756. The second kappa shape index (κ2) is 8.92. The van der Waals surface area contributed by atoms with Crippen molar-refractivity contribution in [3.63, 3.8) is 0 Å². The number of hydrogen-bond acceptors (Lipinski definition) is 4. The van der Waals surface area contributed by atoms with Gasteiger partial charge in [0.25, 0.3) is 0 Å². The van der Waals surface area contributed by atoms with Crippen molar-refractivity contribution in [2.45, 2.75) is 32.9 Å². The summed E-state index contributed by atoms with van der Waals surface area (Å²) in [5.41, 5.74) is 0.910. The van der Waals surface area contributed by atoms with Gasteiger partial charge in [-0.2, -0.15) is 0 Å². The average molecular weight is 308 g/mol. The van der Waals surface area contributed by atoms with Crippen LogP contribution in [-0.2, 0) is 16.1 Å². The highest BCUT2D eigenvalue weighted by Crippen LogP contribution is 2.12. The Labute approximate surface area is 131 Å². The van der Waals surface area contributed by atoms with Gasteiger partial charge < -0.3 is 20.1 Å². The van der Waals surface area contributed by atoms with Crippen LogP contribution in [0, 0.1) is 5.92 Å². The van der Waals surface area contributed by atoms with Crippen molar-refractivity contribution in [1.82, 2.24) is 10.6 Å². The first-order chi connectivity index (χ1) is 10.5. The maximum atomic E-state index is 11.9. The summed E-state index contributed by atoms with van der Waals surface area (Å²) in [5.74, 6) is 0.556. The molecule has 0 aliphatic carbocycles. The third kappa shape index (κ3) is 6.03. The largest absolute Gasteiger partial charge is 0.497 e. The van der Waals surface area contributed by atoms with E-state index in [2.05, 4.69) is 10.6 Å². The molecule has 1 unspecified atom stereocenters. The van der Waals surface area contributed by atoms with Crippen molar-refractivity contribution in [1.29, 1.82) is 0 Å². The number of amides is 2. The molecule has 0 aromatic heterocycles. The highest BCUT2D eigenvalue weighted by atomic mass is 16.5. The minimum Gasteiger partial charge on any atom is -0.497 e. The summed E-state index contributed by atoms with van der Waals surface area (Å²) in [6.07, 6.45) is 0.527. The number of rotatable bonds is 7. The highest BCUT2D eigenvalue weighted by molar-refractivity contribution is 5.83. The monoisotopic (exact) mass is 308 g/mol. The number of ether oxygens (including phenoxy) is 2. The number of nitrogens with one attached hydrogen (secondary N) is 2. The van der Waals surface area contributed by atoms with Crippen molar-refractivity contribution < 1.29 is 19.1 Å². The molecule has 122 valence electrons. The molecule has 0 saturated heterocycles. The third-order valence-electron chi connectivity index (χ3n) is 3.09. The summed E-state index contributed by atoms with van der Waals surface area (Å²) in [6.45, 7) is 4.30. The Hall–Kier alpha value is -2.24. The molecule has 1 rings (SSSR count). The second-order valence-corrected chi connectivity index (χ2v) is 5.38. The predicted octanol–water partition coefficient (Wildman–Crippen LogP) is 2.08. The number of methoxy groups -OCH3 is 2. The van der Waals surface area contributed by atoms with E-state index in [1.807, 2.05) is 38.1 Å². The molecule has 0 spiro atoms. The molecule has 0 radical (unpaired) electrons. The van der Waals surface area contributed by atoms with Crippen LogP contribution in [0.15, 0.2) is 24.3 Å². The van der Waals surface area contributed by atoms with Gasteiger partial charge in [0.15, 0.2) is 0 Å². The molecule has 0 saturated carbocycles. The van der Waals surface area contributed by atoms with Crippen LogP contribution in [-0.4, -0.2) is 32.3 Å². The Balaban J connectivity index is 2.54. The van der Waals surface area contributed by atoms with Crippen molar-refractivity contribution in [3.05, 3.63) is 29.8 Å². The number of urea groups is 1. The number of benzene rings is 1. The Morgan fingerprint density at radius 1 is 1.23 bits per heavy atom. The first kappa shape index (κ1) is 17.8. The number of carbonyl (C=O) groups excluding carboxylic acids is 2. The lowest BCUT2D eigenvalue weighted by Crippen LogP contribution is -2.46. The topological polar surface area (TPSA) is 76.7 Å². The lowest BCUT2D eigenvalue weighted by molar-refractivity contribution is -0.143. The molecule has 22 heavy (non-hydrogen) atoms. The van der Waals surface area contributed by atoms with Gasteiger partial charge >= 0.3 is 12.0 Å². The molecule has 0 heterocycles. The fraction of sp³-hybridized carbons (Fsp3) is 0.500. The Bertz CT molecular complexity index is 503. The lowest BCUT2D eigenvalue weighted by atomic mass is 10.0. The number of esters is 1. The van der Waals surface area contributed by atoms with Gasteiger partial charge in [-0.05, 0) is 30.0 Å². The van der Waals surface area contributed by atoms with Gasteiger partial charge in [-0.25, -0.2) is 9.59 Å². The van der Waals surface area contributed by atoms with E-state index in [0.29, 0.717) is 13.0 Å². The number of hydrogen-bond donors (Lipinski definition) is 2. The van der Waals surface area contributed by atoms with Crippen molar-refractivity contribution in [2.24, 2.45) is 5.92 Å². The van der Waals surface area contributed by atoms with E-state index >= 15 is 0 Å². The molecule has 0 aliphatic rings. The normalized spacial score (nSPS) is 11.7. The van der Waals surface area contributed by atoms with Gasteiger partial charge in [0, 0.05) is 6.54 Å². The summed E-state index contributed by atoms with van der Waals surface area (Å²) >= 11 is 0. The molecule has 1 atom stereocenters. The van der Waals surface area contributed by atoms with Gasteiger partial charge in [0.2, 0.25) is 0 Å². The fourth-order valence-electron chi connectivity index (χ4n) is 2.00. The molecule has 1 aromatic rings. The van der Waals surface area contributed by atoms with Gasteiger partial charge in [-0.1, -0.05) is 26.0 Å². The Morgan fingerprint density at radius 3 is 2.55 bits per heavy atom. The van der Waals surface area contributed by atoms with E-state index in [0.717, 1.165) is 11.3 Å². The first-order valence-electron chi connectivity index (χ1n) is 7.21. The average Bonchev–Trinajstić information content (AvgIpc) is 2.51. The van der Waals surface area contributed by atoms with E-state index in [4.69, 9.17) is 9.47 Å². The summed E-state index contributed by atoms with van der Waals surface area (Å²) in [4.78, 5) is 23.6. The summed E-state index contributed by atoms with van der Waals surface area (Å²) < 4.78 is 9.84. The van der Waals surface area contributed by atoms with Crippen molar-refractivity contribution in [3.8, 4) is 5.75 Å². The first-order valence-corrected chi connectivity index (χ1v) is 7.21. The molecule has 0 fully saturated rings. The van der Waals surface area contributed by atoms with Crippen LogP contribution >= 0.6 is 0 Å². The SMILES string of the molecule is COC(=O)C(CC(C)C)NC(=O)NCc1cccc(OC)c1. The zero-order valence-corrected chi connectivity index (χ0v) is 13.5. The van der Waals surface area contributed by atoms with Gasteiger partial charge in [-0.3, -0.25) is 0 Å². The van der Waals surface area contributed by atoms with Crippen LogP contribution < -0.4 is 15.4 Å². The standard InChI is InChI=1S/C16H24N2O4/c1-11(2)8-14(15(19)22-4)18-16(20)17-10-12-6-5-7-13(9-12)21-3/h5-7,9,11,14H,8,10H2,1-4H3,(H2,17,18,20). The second-order valence-electron chi connectivity index (χ2n) is 5.38. The molecular formula is C16H24N2O4. The molecule has 6 nitrogen and oxygen atoms in total. The van der Waals surface area contributed by atoms with Crippen LogP contribution in [0.1, 0.15) is 25.8 Å². The molecule has 2 N–H and O–H groups in total. The summed E-state index contributed by atoms with van der Waals surface area (Å²) in [5, 5.41) is 5.36. The molecule has 2 amide bonds. The van der Waals surface area contributed by atoms with Gasteiger partial charge in [-0.15, -0.1) is 0 Å². The zero-order valence-electron chi connectivity index (χ0n) is 13.5. The van der Waals surface area contributed by atoms with E-state index in [-0.39, 0.29) is 5.92 Å². The van der Waals surface area contributed by atoms with Crippen LogP contribution in [0.25, 0.3) is 0 Å². The lowest BCUT2D eigenvalue weighted by Gasteiger charge is -2.18. The molecule has 6 heteroatoms. The smallest absolute Gasteiger partial charge is 0.328 e. The molecule has 1 aromatic carbocycles. The van der Waals surface area contributed by atoms with E-state index in [1.54, 1.807) is 7.11 Å². The Morgan fingerprint density at radius 2 is 1.95 bits per heavy atom. The minimum absolute atomic E-state index is 0.266. The van der Waals surface area contributed by atoms with Crippen LogP contribution in [0.2, 0.25) is 0 Å². The maximum absolute atomic E-state index is 11.9. The van der Waals surface area contributed by atoms with E-state index in [9.17, 15) is 9.59 Å². The van der Waals surface area contributed by atoms with Crippen molar-refractivity contribution in [2.75, 3.05) is 14.2 Å². The van der Waals surface area contributed by atoms with Crippen LogP contribution in [0.5, 0.6) is 5.75 Å². The van der Waals surface area contributed by atoms with E-state index in [1.165, 1.54) is 7.11 Å². The van der Waals surface area contributed by atoms with E-state index < -0.39 is 18.0 Å². The van der Waals surface area contributed by atoms with Gasteiger partial charge in [0.05, 0.1) is 14.2 Å². The molecular weight excluding hydrogens is 284 g/mol. The zero-order chi connectivity index (χ0) is 16.5. The number of carbonyl (C=O) groups is 2. The minimum atomic E-state index is -0.643. The van der Waals surface area contributed by atoms with Crippen molar-refractivity contribution >= 4 is 12.0 Å².